The summed E-state index contributed by atoms with van der Waals surface area (Å²) in [5.41, 5.74) is 3.50. The van der Waals surface area contributed by atoms with Crippen LogP contribution in [0, 0.1) is 0 Å². The Bertz CT molecular complexity index is 1290. The molecule has 6 nitrogen and oxygen atoms in total. The number of aromatic nitrogens is 2. The molecule has 1 atom stereocenters. The summed E-state index contributed by atoms with van der Waals surface area (Å²) in [6.45, 7) is 0.560. The zero-order valence-electron chi connectivity index (χ0n) is 16.8. The van der Waals surface area contributed by atoms with Crippen LogP contribution >= 0.6 is 15.9 Å². The van der Waals surface area contributed by atoms with Gasteiger partial charge >= 0.3 is 0 Å². The lowest BCUT2D eigenvalue weighted by Crippen LogP contribution is -2.39. The predicted molar refractivity (Wildman–Crippen MR) is 122 cm³/mol. The number of carbonyl (C=O) groups excluding carboxylic acids is 1. The molecule has 0 saturated heterocycles. The van der Waals surface area contributed by atoms with Gasteiger partial charge < -0.3 is 19.0 Å². The Hall–Kier alpha value is -3.32. The lowest BCUT2D eigenvalue weighted by atomic mass is 10.00. The molecule has 2 aromatic heterocycles. The van der Waals surface area contributed by atoms with Crippen LogP contribution in [0.25, 0.3) is 17.0 Å². The van der Waals surface area contributed by atoms with Crippen molar-refractivity contribution in [1.82, 2.24) is 14.9 Å². The molecule has 0 aliphatic carbocycles. The van der Waals surface area contributed by atoms with E-state index in [1.807, 2.05) is 53.4 Å². The molecule has 156 valence electrons. The van der Waals surface area contributed by atoms with Crippen LogP contribution in [-0.2, 0) is 11.2 Å². The van der Waals surface area contributed by atoms with E-state index in [2.05, 4.69) is 25.9 Å². The number of halogens is 1. The zero-order chi connectivity index (χ0) is 21.4. The first-order valence-electron chi connectivity index (χ1n) is 9.97. The van der Waals surface area contributed by atoms with E-state index in [-0.39, 0.29) is 5.91 Å². The van der Waals surface area contributed by atoms with E-state index < -0.39 is 6.04 Å². The van der Waals surface area contributed by atoms with Crippen molar-refractivity contribution in [3.63, 3.8) is 0 Å². The Labute approximate surface area is 187 Å². The van der Waals surface area contributed by atoms with Gasteiger partial charge in [0.2, 0.25) is 5.91 Å². The van der Waals surface area contributed by atoms with Gasteiger partial charge in [-0.25, -0.2) is 4.98 Å². The van der Waals surface area contributed by atoms with Crippen LogP contribution in [0.3, 0.4) is 0 Å². The van der Waals surface area contributed by atoms with Gasteiger partial charge in [-0.05, 0) is 51.8 Å². The number of benzene rings is 2. The minimum Gasteiger partial charge on any atom is -0.497 e. The van der Waals surface area contributed by atoms with Crippen LogP contribution in [0.1, 0.15) is 28.8 Å². The number of methoxy groups -OCH3 is 1. The van der Waals surface area contributed by atoms with E-state index in [0.717, 1.165) is 38.1 Å². The normalized spacial score (nSPS) is 16.1. The van der Waals surface area contributed by atoms with Crippen molar-refractivity contribution in [2.24, 2.45) is 0 Å². The average molecular weight is 478 g/mol. The van der Waals surface area contributed by atoms with Crippen molar-refractivity contribution in [1.29, 1.82) is 0 Å². The summed E-state index contributed by atoms with van der Waals surface area (Å²) < 4.78 is 12.3. The van der Waals surface area contributed by atoms with E-state index in [4.69, 9.17) is 9.15 Å². The van der Waals surface area contributed by atoms with Crippen molar-refractivity contribution >= 4 is 38.9 Å². The number of nitrogens with zero attached hydrogens (tertiary/aromatic N) is 2. The van der Waals surface area contributed by atoms with Crippen molar-refractivity contribution in [2.75, 3.05) is 13.7 Å². The fourth-order valence-electron chi connectivity index (χ4n) is 4.00. The first kappa shape index (κ1) is 19.6. The summed E-state index contributed by atoms with van der Waals surface area (Å²) >= 11 is 3.69. The molecule has 0 unspecified atom stereocenters. The number of para-hydroxylation sites is 1. The molecule has 0 radical (unpaired) electrons. The number of H-pyrrole nitrogens is 1. The topological polar surface area (TPSA) is 71.4 Å². The quantitative estimate of drug-likeness (QED) is 0.414. The first-order chi connectivity index (χ1) is 15.2. The van der Waals surface area contributed by atoms with Crippen LogP contribution in [0.4, 0.5) is 0 Å². The van der Waals surface area contributed by atoms with Crippen LogP contribution in [0.2, 0.25) is 0 Å². The number of ether oxygens (including phenoxy) is 1. The summed E-state index contributed by atoms with van der Waals surface area (Å²) in [6.07, 6.45) is 5.78. The highest BCUT2D eigenvalue weighted by Gasteiger charge is 2.37. The second-order valence-corrected chi connectivity index (χ2v) is 8.13. The maximum Gasteiger partial charge on any atom is 0.247 e. The van der Waals surface area contributed by atoms with E-state index in [1.54, 1.807) is 25.6 Å². The summed E-state index contributed by atoms with van der Waals surface area (Å²) in [5, 5.41) is 0.972. The number of nitrogens with one attached hydrogen (secondary N) is 1. The second-order valence-electron chi connectivity index (χ2n) is 7.34. The number of rotatable bonds is 4. The Morgan fingerprint density at radius 1 is 1.29 bits per heavy atom. The highest BCUT2D eigenvalue weighted by Crippen LogP contribution is 2.41. The maximum absolute atomic E-state index is 13.3. The van der Waals surface area contributed by atoms with Gasteiger partial charge in [-0.2, -0.15) is 0 Å². The van der Waals surface area contributed by atoms with E-state index in [1.165, 1.54) is 0 Å². The summed E-state index contributed by atoms with van der Waals surface area (Å²) in [7, 11) is 1.62. The van der Waals surface area contributed by atoms with Gasteiger partial charge in [0.15, 0.2) is 0 Å². The molecule has 1 N–H and O–H groups in total. The van der Waals surface area contributed by atoms with Crippen LogP contribution in [-0.4, -0.2) is 34.4 Å². The molecule has 31 heavy (non-hydrogen) atoms. The molecule has 7 heteroatoms. The van der Waals surface area contributed by atoms with Gasteiger partial charge in [-0.1, -0.05) is 24.3 Å². The molecule has 0 fully saturated rings. The molecule has 5 rings (SSSR count). The Balaban J connectivity index is 1.53. The maximum atomic E-state index is 13.3. The molecule has 0 saturated carbocycles. The van der Waals surface area contributed by atoms with Crippen molar-refractivity contribution in [3.8, 4) is 5.75 Å². The second kappa shape index (κ2) is 8.07. The highest BCUT2D eigenvalue weighted by molar-refractivity contribution is 9.10. The van der Waals surface area contributed by atoms with Crippen LogP contribution in [0.5, 0.6) is 5.75 Å². The molecule has 0 spiro atoms. The number of imidazole rings is 1. The fourth-order valence-corrected chi connectivity index (χ4v) is 4.62. The molecular formula is C24H20BrN3O3. The summed E-state index contributed by atoms with van der Waals surface area (Å²) in [4.78, 5) is 22.8. The van der Waals surface area contributed by atoms with Crippen LogP contribution < -0.4 is 4.74 Å². The monoisotopic (exact) mass is 477 g/mol. The molecular weight excluding hydrogens is 458 g/mol. The van der Waals surface area contributed by atoms with Crippen LogP contribution in [0.15, 0.2) is 69.8 Å². The third-order valence-electron chi connectivity index (χ3n) is 5.53. The molecule has 1 amide bonds. The standard InChI is InChI=1S/C24H20BrN3O3/c1-30-16-6-4-5-15(13-16)9-10-20(29)28-12-11-18-22(27-14-26-18)23(28)24-21(25)17-7-2-3-8-19(17)31-24/h2-10,13-14,23H,11-12H2,1H3,(H,26,27)/b10-9+/t23-/m0/s1. The SMILES string of the molecule is COc1cccc(/C=C/C(=O)N2CCc3[nH]cnc3[C@H]2c2oc3ccccc3c2Br)c1. The van der Waals surface area contributed by atoms with Gasteiger partial charge in [-0.3, -0.25) is 4.79 Å². The lowest BCUT2D eigenvalue weighted by molar-refractivity contribution is -0.128. The van der Waals surface area contributed by atoms with Gasteiger partial charge in [0.05, 0.1) is 23.6 Å². The van der Waals surface area contributed by atoms with Crippen molar-refractivity contribution in [3.05, 3.63) is 88.1 Å². The van der Waals surface area contributed by atoms with Gasteiger partial charge in [0.1, 0.15) is 23.1 Å². The number of hydrogen-bond acceptors (Lipinski definition) is 4. The van der Waals surface area contributed by atoms with E-state index >= 15 is 0 Å². The fraction of sp³-hybridized carbons (Fsp3) is 0.167. The van der Waals surface area contributed by atoms with E-state index in [0.29, 0.717) is 18.7 Å². The third-order valence-corrected chi connectivity index (χ3v) is 6.35. The molecule has 0 bridgehead atoms. The molecule has 1 aliphatic heterocycles. The molecule has 3 heterocycles. The number of hydrogen-bond donors (Lipinski definition) is 1. The number of aromatic amines is 1. The smallest absolute Gasteiger partial charge is 0.247 e. The summed E-state index contributed by atoms with van der Waals surface area (Å²) in [5.74, 6) is 1.32. The Kier molecular flexibility index (Phi) is 5.11. The highest BCUT2D eigenvalue weighted by atomic mass is 79.9. The first-order valence-corrected chi connectivity index (χ1v) is 10.8. The average Bonchev–Trinajstić information content (AvgIpc) is 3.41. The van der Waals surface area contributed by atoms with Gasteiger partial charge in [0.25, 0.3) is 0 Å². The molecule has 2 aromatic carbocycles. The Morgan fingerprint density at radius 2 is 2.16 bits per heavy atom. The predicted octanol–water partition coefficient (Wildman–Crippen LogP) is 5.11. The Morgan fingerprint density at radius 3 is 3.00 bits per heavy atom. The third kappa shape index (κ3) is 3.55. The van der Waals surface area contributed by atoms with Gasteiger partial charge in [-0.15, -0.1) is 0 Å². The minimum atomic E-state index is -0.417. The largest absolute Gasteiger partial charge is 0.497 e. The minimum absolute atomic E-state index is 0.103. The zero-order valence-corrected chi connectivity index (χ0v) is 18.4. The lowest BCUT2D eigenvalue weighted by Gasteiger charge is -2.33. The molecule has 4 aromatic rings. The number of amides is 1. The number of furan rings is 1. The van der Waals surface area contributed by atoms with Crippen molar-refractivity contribution in [2.45, 2.75) is 12.5 Å². The van der Waals surface area contributed by atoms with Crippen molar-refractivity contribution < 1.29 is 13.9 Å². The number of fused-ring (bicyclic) bond motifs is 2. The number of carbonyl (C=O) groups is 1. The summed E-state index contributed by atoms with van der Waals surface area (Å²) in [6, 6.07) is 15.0. The van der Waals surface area contributed by atoms with Gasteiger partial charge in [0, 0.05) is 30.1 Å². The molecule has 1 aliphatic rings. The van der Waals surface area contributed by atoms with E-state index in [9.17, 15) is 4.79 Å².